The number of carbonyl (C=O) groups excluding carboxylic acids is 1. The monoisotopic (exact) mass is 328 g/mol. The van der Waals surface area contributed by atoms with Gasteiger partial charge in [0.15, 0.2) is 5.75 Å². The zero-order chi connectivity index (χ0) is 16.4. The number of hydrogen-bond acceptors (Lipinski definition) is 5. The molecular weight excluding hydrogens is 320 g/mol. The molecule has 0 bridgehead atoms. The summed E-state index contributed by atoms with van der Waals surface area (Å²) >= 11 is 6.09. The molecule has 0 aliphatic heterocycles. The Morgan fingerprint density at radius 1 is 1.13 bits per heavy atom. The minimum atomic E-state index is -0.630. The van der Waals surface area contributed by atoms with Crippen LogP contribution in [0.3, 0.4) is 0 Å². The molecule has 0 amide bonds. The maximum atomic E-state index is 12.2. The number of hydrogen-bond donors (Lipinski definition) is 0. The van der Waals surface area contributed by atoms with Gasteiger partial charge in [0, 0.05) is 23.7 Å². The highest BCUT2D eigenvalue weighted by atomic mass is 35.5. The van der Waals surface area contributed by atoms with E-state index in [1.165, 1.54) is 24.3 Å². The number of fused-ring (bicyclic) bond motifs is 1. The fraction of sp³-hybridized carbons (Fsp3) is 0. The molecule has 0 spiro atoms. The van der Waals surface area contributed by atoms with Crippen molar-refractivity contribution in [1.29, 1.82) is 0 Å². The van der Waals surface area contributed by atoms with Gasteiger partial charge in [-0.05, 0) is 36.4 Å². The first-order valence-electron chi connectivity index (χ1n) is 6.56. The summed E-state index contributed by atoms with van der Waals surface area (Å²) in [7, 11) is 0. The van der Waals surface area contributed by atoms with E-state index < -0.39 is 10.9 Å². The van der Waals surface area contributed by atoms with E-state index in [1.807, 2.05) is 0 Å². The van der Waals surface area contributed by atoms with Crippen LogP contribution in [-0.2, 0) is 0 Å². The molecule has 1 heterocycles. The molecule has 0 N–H and O–H groups in total. The van der Waals surface area contributed by atoms with Gasteiger partial charge in [-0.25, -0.2) is 4.79 Å². The lowest BCUT2D eigenvalue weighted by Crippen LogP contribution is -2.09. The van der Waals surface area contributed by atoms with Gasteiger partial charge in [0.05, 0.1) is 15.5 Å². The molecule has 7 heteroatoms. The molecule has 0 saturated carbocycles. The Bertz CT molecular complexity index is 910. The number of non-ortho nitro benzene ring substituents is 1. The highest BCUT2D eigenvalue weighted by Crippen LogP contribution is 2.30. The van der Waals surface area contributed by atoms with Gasteiger partial charge in [-0.1, -0.05) is 11.6 Å². The molecule has 3 aromatic rings. The number of aromatic nitrogens is 1. The van der Waals surface area contributed by atoms with Gasteiger partial charge >= 0.3 is 5.97 Å². The first-order chi connectivity index (χ1) is 11.1. The molecule has 0 saturated heterocycles. The van der Waals surface area contributed by atoms with Gasteiger partial charge in [0.25, 0.3) is 5.69 Å². The van der Waals surface area contributed by atoms with Crippen molar-refractivity contribution in [3.05, 3.63) is 75.4 Å². The van der Waals surface area contributed by atoms with Crippen LogP contribution >= 0.6 is 11.6 Å². The van der Waals surface area contributed by atoms with Crippen molar-refractivity contribution in [2.75, 3.05) is 0 Å². The SMILES string of the molecule is O=C(Oc1ccc(Cl)c2cccnc12)c1ccc([N+](=O)[O-])cc1. The summed E-state index contributed by atoms with van der Waals surface area (Å²) < 4.78 is 5.34. The second-order valence-electron chi connectivity index (χ2n) is 4.64. The largest absolute Gasteiger partial charge is 0.421 e. The van der Waals surface area contributed by atoms with Crippen molar-refractivity contribution in [2.24, 2.45) is 0 Å². The Kier molecular flexibility index (Phi) is 3.91. The van der Waals surface area contributed by atoms with E-state index in [9.17, 15) is 14.9 Å². The van der Waals surface area contributed by atoms with Crippen LogP contribution in [0.25, 0.3) is 10.9 Å². The zero-order valence-electron chi connectivity index (χ0n) is 11.6. The van der Waals surface area contributed by atoms with Crippen molar-refractivity contribution < 1.29 is 14.5 Å². The molecule has 0 atom stereocenters. The summed E-state index contributed by atoms with van der Waals surface area (Å²) in [5.41, 5.74) is 0.574. The van der Waals surface area contributed by atoms with Gasteiger partial charge < -0.3 is 4.74 Å². The molecule has 0 unspecified atom stereocenters. The second-order valence-corrected chi connectivity index (χ2v) is 5.05. The summed E-state index contributed by atoms with van der Waals surface area (Å²) in [5, 5.41) is 11.8. The summed E-state index contributed by atoms with van der Waals surface area (Å²) in [6.07, 6.45) is 1.57. The average Bonchev–Trinajstić information content (AvgIpc) is 2.57. The predicted octanol–water partition coefficient (Wildman–Crippen LogP) is 4.02. The van der Waals surface area contributed by atoms with Gasteiger partial charge in [0.2, 0.25) is 0 Å². The van der Waals surface area contributed by atoms with Crippen LogP contribution in [0.2, 0.25) is 5.02 Å². The Hall–Kier alpha value is -2.99. The molecule has 2 aromatic carbocycles. The van der Waals surface area contributed by atoms with Crippen molar-refractivity contribution >= 4 is 34.2 Å². The van der Waals surface area contributed by atoms with E-state index in [-0.39, 0.29) is 17.0 Å². The summed E-state index contributed by atoms with van der Waals surface area (Å²) in [5.74, 6) is -0.359. The highest BCUT2D eigenvalue weighted by molar-refractivity contribution is 6.35. The van der Waals surface area contributed by atoms with Gasteiger partial charge in [-0.3, -0.25) is 15.1 Å². The van der Waals surface area contributed by atoms with Crippen LogP contribution in [0.15, 0.2) is 54.7 Å². The lowest BCUT2D eigenvalue weighted by molar-refractivity contribution is -0.384. The van der Waals surface area contributed by atoms with E-state index in [2.05, 4.69) is 4.98 Å². The third-order valence-electron chi connectivity index (χ3n) is 3.20. The summed E-state index contributed by atoms with van der Waals surface area (Å²) in [4.78, 5) is 26.4. The van der Waals surface area contributed by atoms with Crippen LogP contribution in [0, 0.1) is 10.1 Å². The Morgan fingerprint density at radius 2 is 1.87 bits per heavy atom. The highest BCUT2D eigenvalue weighted by Gasteiger charge is 2.14. The Morgan fingerprint density at radius 3 is 2.57 bits per heavy atom. The van der Waals surface area contributed by atoms with E-state index in [0.717, 1.165) is 0 Å². The fourth-order valence-electron chi connectivity index (χ4n) is 2.07. The molecule has 0 fully saturated rings. The minimum Gasteiger partial charge on any atom is -0.421 e. The maximum Gasteiger partial charge on any atom is 0.343 e. The summed E-state index contributed by atoms with van der Waals surface area (Å²) in [6.45, 7) is 0. The molecule has 3 rings (SSSR count). The van der Waals surface area contributed by atoms with E-state index in [4.69, 9.17) is 16.3 Å². The third-order valence-corrected chi connectivity index (χ3v) is 3.53. The van der Waals surface area contributed by atoms with Crippen molar-refractivity contribution in [3.8, 4) is 5.75 Å². The Balaban J connectivity index is 1.91. The van der Waals surface area contributed by atoms with E-state index in [0.29, 0.717) is 15.9 Å². The van der Waals surface area contributed by atoms with Gasteiger partial charge in [-0.15, -0.1) is 0 Å². The quantitative estimate of drug-likeness (QED) is 0.314. The smallest absolute Gasteiger partial charge is 0.343 e. The molecule has 114 valence electrons. The molecule has 0 radical (unpaired) electrons. The molecule has 1 aromatic heterocycles. The lowest BCUT2D eigenvalue weighted by Gasteiger charge is -2.08. The van der Waals surface area contributed by atoms with Crippen LogP contribution in [0.4, 0.5) is 5.69 Å². The molecular formula is C16H9ClN2O4. The van der Waals surface area contributed by atoms with Crippen LogP contribution in [0.5, 0.6) is 5.75 Å². The number of carbonyl (C=O) groups is 1. The lowest BCUT2D eigenvalue weighted by atomic mass is 10.2. The van der Waals surface area contributed by atoms with Gasteiger partial charge in [-0.2, -0.15) is 0 Å². The average molecular weight is 329 g/mol. The van der Waals surface area contributed by atoms with Crippen LogP contribution < -0.4 is 4.74 Å². The minimum absolute atomic E-state index is 0.0971. The number of esters is 1. The zero-order valence-corrected chi connectivity index (χ0v) is 12.4. The number of halogens is 1. The summed E-state index contributed by atoms with van der Waals surface area (Å²) in [6, 6.07) is 11.8. The number of benzene rings is 2. The number of pyridine rings is 1. The normalized spacial score (nSPS) is 10.5. The second kappa shape index (κ2) is 6.02. The van der Waals surface area contributed by atoms with Crippen LogP contribution in [-0.4, -0.2) is 15.9 Å². The van der Waals surface area contributed by atoms with Crippen LogP contribution in [0.1, 0.15) is 10.4 Å². The number of nitro groups is 1. The topological polar surface area (TPSA) is 82.3 Å². The Labute approximate surface area is 135 Å². The van der Waals surface area contributed by atoms with Crippen molar-refractivity contribution in [2.45, 2.75) is 0 Å². The maximum absolute atomic E-state index is 12.2. The molecule has 6 nitrogen and oxygen atoms in total. The fourth-order valence-corrected chi connectivity index (χ4v) is 2.29. The number of nitro benzene ring substituents is 1. The predicted molar refractivity (Wildman–Crippen MR) is 84.8 cm³/mol. The standard InChI is InChI=1S/C16H9ClN2O4/c17-13-7-8-14(15-12(13)2-1-9-18-15)23-16(20)10-3-5-11(6-4-10)19(21)22/h1-9H. The molecule has 0 aliphatic carbocycles. The van der Waals surface area contributed by atoms with E-state index >= 15 is 0 Å². The molecule has 0 aliphatic rings. The number of rotatable bonds is 3. The van der Waals surface area contributed by atoms with Crippen molar-refractivity contribution in [3.63, 3.8) is 0 Å². The first-order valence-corrected chi connectivity index (χ1v) is 6.94. The van der Waals surface area contributed by atoms with Crippen molar-refractivity contribution in [1.82, 2.24) is 4.98 Å². The third kappa shape index (κ3) is 2.97. The number of ether oxygens (including phenoxy) is 1. The van der Waals surface area contributed by atoms with Gasteiger partial charge in [0.1, 0.15) is 5.52 Å². The number of nitrogens with zero attached hydrogens (tertiary/aromatic N) is 2. The van der Waals surface area contributed by atoms with E-state index in [1.54, 1.807) is 30.5 Å². The first kappa shape index (κ1) is 14.9. The molecule has 23 heavy (non-hydrogen) atoms.